The highest BCUT2D eigenvalue weighted by atomic mass is 19.4. The van der Waals surface area contributed by atoms with Crippen molar-refractivity contribution in [3.63, 3.8) is 0 Å². The minimum Gasteiger partial charge on any atom is -0.389 e. The average molecular weight is 320 g/mol. The number of aliphatic hydroxyl groups excluding tert-OH is 1. The van der Waals surface area contributed by atoms with Crippen LogP contribution in [0, 0.1) is 6.92 Å². The number of halogens is 3. The lowest BCUT2D eigenvalue weighted by molar-refractivity contribution is -0.138. The number of alkyl halides is 3. The fourth-order valence-corrected chi connectivity index (χ4v) is 1.93. The maximum absolute atomic E-state index is 12.8. The number of hydrogen-bond acceptors (Lipinski definition) is 3. The van der Waals surface area contributed by atoms with Gasteiger partial charge in [0.2, 0.25) is 0 Å². The molecule has 8 heteroatoms. The molecule has 0 aliphatic rings. The molecule has 124 valence electrons. The summed E-state index contributed by atoms with van der Waals surface area (Å²) in [6.45, 7) is 1.34. The van der Waals surface area contributed by atoms with E-state index in [4.69, 9.17) is 4.74 Å². The molecule has 0 spiro atoms. The molecule has 22 heavy (non-hydrogen) atoms. The molecule has 0 radical (unpaired) electrons. The van der Waals surface area contributed by atoms with E-state index in [1.54, 1.807) is 0 Å². The van der Waals surface area contributed by atoms with E-state index in [0.717, 1.165) is 6.07 Å². The van der Waals surface area contributed by atoms with Gasteiger partial charge in [0.15, 0.2) is 0 Å². The standard InChI is InChI=1S/C14H19F3N2O3/c1-9-11(14(15,16)17)5-4-6-12(9)18-13(21)19(2)7-10(20)8-22-3/h4-6,10,20H,7-8H2,1-3H3,(H,18,21). The lowest BCUT2D eigenvalue weighted by Crippen LogP contribution is -2.38. The van der Waals surface area contributed by atoms with Crippen LogP contribution in [0.4, 0.5) is 23.7 Å². The first kappa shape index (κ1) is 18.2. The number of benzene rings is 1. The lowest BCUT2D eigenvalue weighted by Gasteiger charge is -2.22. The molecule has 0 saturated heterocycles. The number of methoxy groups -OCH3 is 1. The van der Waals surface area contributed by atoms with E-state index in [1.807, 2.05) is 0 Å². The molecule has 1 aromatic rings. The number of rotatable bonds is 5. The zero-order valence-electron chi connectivity index (χ0n) is 12.6. The summed E-state index contributed by atoms with van der Waals surface area (Å²) in [7, 11) is 2.84. The molecular formula is C14H19F3N2O3. The van der Waals surface area contributed by atoms with E-state index in [9.17, 15) is 23.1 Å². The first-order valence-electron chi connectivity index (χ1n) is 6.52. The summed E-state index contributed by atoms with van der Waals surface area (Å²) in [5, 5.41) is 11.9. The van der Waals surface area contributed by atoms with E-state index in [2.05, 4.69) is 5.32 Å². The number of ether oxygens (including phenoxy) is 1. The molecule has 2 N–H and O–H groups in total. The van der Waals surface area contributed by atoms with Crippen molar-refractivity contribution in [2.45, 2.75) is 19.2 Å². The van der Waals surface area contributed by atoms with Gasteiger partial charge >= 0.3 is 12.2 Å². The van der Waals surface area contributed by atoms with Gasteiger partial charge in [-0.2, -0.15) is 13.2 Å². The van der Waals surface area contributed by atoms with E-state index in [1.165, 1.54) is 38.1 Å². The van der Waals surface area contributed by atoms with Crippen LogP contribution in [-0.4, -0.2) is 49.5 Å². The minimum atomic E-state index is -4.48. The summed E-state index contributed by atoms with van der Waals surface area (Å²) in [6.07, 6.45) is -5.35. The number of urea groups is 1. The quantitative estimate of drug-likeness (QED) is 0.876. The Morgan fingerprint density at radius 2 is 2.09 bits per heavy atom. The Labute approximate surface area is 126 Å². The number of likely N-dealkylation sites (N-methyl/N-ethyl adjacent to an activating group) is 1. The van der Waals surface area contributed by atoms with Crippen LogP contribution in [0.3, 0.4) is 0 Å². The number of carbonyl (C=O) groups is 1. The molecule has 1 rings (SSSR count). The van der Waals surface area contributed by atoms with Crippen molar-refractivity contribution in [1.29, 1.82) is 0 Å². The Morgan fingerprint density at radius 3 is 2.64 bits per heavy atom. The molecule has 0 aliphatic carbocycles. The van der Waals surface area contributed by atoms with Crippen molar-refractivity contribution in [3.05, 3.63) is 29.3 Å². The van der Waals surface area contributed by atoms with Crippen LogP contribution in [0.1, 0.15) is 11.1 Å². The maximum Gasteiger partial charge on any atom is 0.416 e. The van der Waals surface area contributed by atoms with Crippen molar-refractivity contribution in [3.8, 4) is 0 Å². The van der Waals surface area contributed by atoms with Gasteiger partial charge in [-0.25, -0.2) is 4.79 Å². The second-order valence-corrected chi connectivity index (χ2v) is 4.90. The average Bonchev–Trinajstić information content (AvgIpc) is 2.39. The Balaban J connectivity index is 2.81. The SMILES string of the molecule is COCC(O)CN(C)C(=O)Nc1cccc(C(F)(F)F)c1C. The van der Waals surface area contributed by atoms with Crippen LogP contribution >= 0.6 is 0 Å². The molecule has 0 heterocycles. The summed E-state index contributed by atoms with van der Waals surface area (Å²) in [5.41, 5.74) is -0.783. The molecule has 1 unspecified atom stereocenters. The molecule has 2 amide bonds. The molecule has 1 aromatic carbocycles. The predicted molar refractivity (Wildman–Crippen MR) is 75.7 cm³/mol. The fourth-order valence-electron chi connectivity index (χ4n) is 1.93. The number of nitrogens with one attached hydrogen (secondary N) is 1. The molecule has 1 atom stereocenters. The van der Waals surface area contributed by atoms with Gasteiger partial charge in [0.25, 0.3) is 0 Å². The van der Waals surface area contributed by atoms with E-state index < -0.39 is 23.9 Å². The number of amides is 2. The first-order chi connectivity index (χ1) is 10.2. The van der Waals surface area contributed by atoms with E-state index in [-0.39, 0.29) is 24.4 Å². The van der Waals surface area contributed by atoms with Gasteiger partial charge in [-0.3, -0.25) is 0 Å². The number of hydrogen-bond donors (Lipinski definition) is 2. The van der Waals surface area contributed by atoms with Crippen LogP contribution in [0.5, 0.6) is 0 Å². The largest absolute Gasteiger partial charge is 0.416 e. The van der Waals surface area contributed by atoms with Gasteiger partial charge in [0.05, 0.1) is 24.8 Å². The molecule has 0 aliphatic heterocycles. The second-order valence-electron chi connectivity index (χ2n) is 4.90. The lowest BCUT2D eigenvalue weighted by atomic mass is 10.1. The summed E-state index contributed by atoms with van der Waals surface area (Å²) >= 11 is 0. The van der Waals surface area contributed by atoms with Crippen molar-refractivity contribution in [1.82, 2.24) is 4.90 Å². The van der Waals surface area contributed by atoms with E-state index >= 15 is 0 Å². The zero-order valence-corrected chi connectivity index (χ0v) is 12.6. The van der Waals surface area contributed by atoms with Gasteiger partial charge < -0.3 is 20.1 Å². The second kappa shape index (κ2) is 7.46. The van der Waals surface area contributed by atoms with Gasteiger partial charge in [0, 0.05) is 19.8 Å². The predicted octanol–water partition coefficient (Wildman–Crippen LogP) is 2.48. The van der Waals surface area contributed by atoms with Gasteiger partial charge in [-0.1, -0.05) is 6.07 Å². The van der Waals surface area contributed by atoms with Crippen molar-refractivity contribution < 1.29 is 27.8 Å². The smallest absolute Gasteiger partial charge is 0.389 e. The van der Waals surface area contributed by atoms with Gasteiger partial charge in [-0.15, -0.1) is 0 Å². The van der Waals surface area contributed by atoms with E-state index in [0.29, 0.717) is 0 Å². The maximum atomic E-state index is 12.8. The molecule has 5 nitrogen and oxygen atoms in total. The van der Waals surface area contributed by atoms with Crippen molar-refractivity contribution in [2.75, 3.05) is 32.6 Å². The number of nitrogens with zero attached hydrogens (tertiary/aromatic N) is 1. The first-order valence-corrected chi connectivity index (χ1v) is 6.52. The van der Waals surface area contributed by atoms with Crippen LogP contribution in [-0.2, 0) is 10.9 Å². The summed E-state index contributed by atoms with van der Waals surface area (Å²) in [5.74, 6) is 0. The fraction of sp³-hybridized carbons (Fsp3) is 0.500. The third kappa shape index (κ3) is 4.88. The molecule has 0 aromatic heterocycles. The third-order valence-corrected chi connectivity index (χ3v) is 3.07. The summed E-state index contributed by atoms with van der Waals surface area (Å²) in [6, 6.07) is 2.96. The number of aliphatic hydroxyl groups is 1. The summed E-state index contributed by atoms with van der Waals surface area (Å²) < 4.78 is 43.2. The highest BCUT2D eigenvalue weighted by Gasteiger charge is 2.33. The zero-order chi connectivity index (χ0) is 16.9. The highest BCUT2D eigenvalue weighted by molar-refractivity contribution is 5.90. The number of carbonyl (C=O) groups excluding carboxylic acids is 1. The van der Waals surface area contributed by atoms with Gasteiger partial charge in [0.1, 0.15) is 0 Å². The van der Waals surface area contributed by atoms with Crippen molar-refractivity contribution in [2.24, 2.45) is 0 Å². The normalized spacial score (nSPS) is 12.9. The molecule has 0 saturated carbocycles. The van der Waals surface area contributed by atoms with Crippen LogP contribution in [0.15, 0.2) is 18.2 Å². The van der Waals surface area contributed by atoms with Crippen LogP contribution in [0.25, 0.3) is 0 Å². The van der Waals surface area contributed by atoms with Crippen LogP contribution in [0.2, 0.25) is 0 Å². The Bertz CT molecular complexity index is 521. The monoisotopic (exact) mass is 320 g/mol. The Kier molecular flexibility index (Phi) is 6.19. The van der Waals surface area contributed by atoms with Crippen LogP contribution < -0.4 is 5.32 Å². The molecular weight excluding hydrogens is 301 g/mol. The van der Waals surface area contributed by atoms with Crippen molar-refractivity contribution >= 4 is 11.7 Å². The molecule has 0 bridgehead atoms. The Hall–Kier alpha value is -1.80. The highest BCUT2D eigenvalue weighted by Crippen LogP contribution is 2.34. The minimum absolute atomic E-state index is 0.00230. The Morgan fingerprint density at radius 1 is 1.45 bits per heavy atom. The molecule has 0 fully saturated rings. The van der Waals surface area contributed by atoms with Gasteiger partial charge in [-0.05, 0) is 24.6 Å². The summed E-state index contributed by atoms with van der Waals surface area (Å²) in [4.78, 5) is 13.1. The number of anilines is 1. The topological polar surface area (TPSA) is 61.8 Å². The third-order valence-electron chi connectivity index (χ3n) is 3.07.